The Balaban J connectivity index is 1.51. The van der Waals surface area contributed by atoms with Gasteiger partial charge in [-0.05, 0) is 43.5 Å². The lowest BCUT2D eigenvalue weighted by atomic mass is 9.96. The van der Waals surface area contributed by atoms with Crippen molar-refractivity contribution >= 4 is 11.6 Å². The summed E-state index contributed by atoms with van der Waals surface area (Å²) in [5, 5.41) is 4.21. The summed E-state index contributed by atoms with van der Waals surface area (Å²) in [5.74, 6) is 1.84. The molecule has 1 fully saturated rings. The Morgan fingerprint density at radius 3 is 2.70 bits per heavy atom. The summed E-state index contributed by atoms with van der Waals surface area (Å²) in [6, 6.07) is 16.0. The molecule has 0 spiro atoms. The molecule has 1 amide bonds. The highest BCUT2D eigenvalue weighted by atomic mass is 16.5. The van der Waals surface area contributed by atoms with Crippen LogP contribution in [0.1, 0.15) is 31.2 Å². The van der Waals surface area contributed by atoms with Crippen molar-refractivity contribution in [3.63, 3.8) is 0 Å². The quantitative estimate of drug-likeness (QED) is 0.711. The molecule has 6 heteroatoms. The molecule has 0 bridgehead atoms. The van der Waals surface area contributed by atoms with E-state index in [-0.39, 0.29) is 17.9 Å². The van der Waals surface area contributed by atoms with Crippen LogP contribution in [-0.4, -0.2) is 29.2 Å². The van der Waals surface area contributed by atoms with Crippen molar-refractivity contribution in [1.29, 1.82) is 0 Å². The molecule has 2 aromatic carbocycles. The average Bonchev–Trinajstić information content (AvgIpc) is 3.38. The Morgan fingerprint density at radius 1 is 1.15 bits per heavy atom. The van der Waals surface area contributed by atoms with Crippen LogP contribution in [0, 0.1) is 0 Å². The minimum atomic E-state index is -0.157. The molecule has 0 N–H and O–H groups in total. The van der Waals surface area contributed by atoms with Gasteiger partial charge in [0.25, 0.3) is 5.91 Å². The van der Waals surface area contributed by atoms with E-state index in [1.165, 1.54) is 5.56 Å². The normalized spacial score (nSPS) is 17.4. The summed E-state index contributed by atoms with van der Waals surface area (Å²) < 4.78 is 11.2. The van der Waals surface area contributed by atoms with E-state index >= 15 is 0 Å². The zero-order valence-electron chi connectivity index (χ0n) is 15.0. The molecule has 0 saturated heterocycles. The molecule has 1 aliphatic carbocycles. The number of carbonyl (C=O) groups excluding carboxylic acids is 1. The van der Waals surface area contributed by atoms with Gasteiger partial charge >= 0.3 is 0 Å². The molecule has 1 aromatic heterocycles. The fourth-order valence-corrected chi connectivity index (χ4v) is 3.73. The Labute approximate surface area is 156 Å². The van der Waals surface area contributed by atoms with Crippen molar-refractivity contribution in [3.05, 3.63) is 60.0 Å². The summed E-state index contributed by atoms with van der Waals surface area (Å²) in [5.41, 5.74) is 2.61. The van der Waals surface area contributed by atoms with E-state index in [0.29, 0.717) is 24.0 Å². The Morgan fingerprint density at radius 2 is 1.96 bits per heavy atom. The van der Waals surface area contributed by atoms with Crippen molar-refractivity contribution in [2.75, 3.05) is 18.1 Å². The second kappa shape index (κ2) is 5.94. The molecule has 27 heavy (non-hydrogen) atoms. The van der Waals surface area contributed by atoms with Gasteiger partial charge in [-0.3, -0.25) is 4.79 Å². The van der Waals surface area contributed by atoms with Crippen molar-refractivity contribution in [1.82, 2.24) is 10.1 Å². The van der Waals surface area contributed by atoms with E-state index in [1.807, 2.05) is 43.3 Å². The molecular formula is C21H19N3O3. The van der Waals surface area contributed by atoms with Gasteiger partial charge in [-0.15, -0.1) is 0 Å². The van der Waals surface area contributed by atoms with Gasteiger partial charge in [-0.2, -0.15) is 4.98 Å². The number of anilines is 1. The smallest absolute Gasteiger partial charge is 0.265 e. The molecule has 1 aliphatic heterocycles. The third kappa shape index (κ3) is 2.51. The van der Waals surface area contributed by atoms with Crippen LogP contribution in [-0.2, 0) is 10.2 Å². The highest BCUT2D eigenvalue weighted by Gasteiger charge is 2.50. The number of hydrogen-bond acceptors (Lipinski definition) is 5. The molecule has 0 unspecified atom stereocenters. The summed E-state index contributed by atoms with van der Waals surface area (Å²) >= 11 is 0. The fourth-order valence-electron chi connectivity index (χ4n) is 3.73. The lowest BCUT2D eigenvalue weighted by Gasteiger charge is -2.28. The predicted octanol–water partition coefficient (Wildman–Crippen LogP) is 3.56. The van der Waals surface area contributed by atoms with Gasteiger partial charge in [0, 0.05) is 12.1 Å². The molecule has 136 valence electrons. The monoisotopic (exact) mass is 361 g/mol. The highest BCUT2D eigenvalue weighted by Crippen LogP contribution is 2.53. The number of ether oxygens (including phenoxy) is 1. The van der Waals surface area contributed by atoms with Crippen LogP contribution in [0.5, 0.6) is 5.75 Å². The first kappa shape index (κ1) is 16.1. The first-order valence-electron chi connectivity index (χ1n) is 9.18. The molecule has 5 rings (SSSR count). The van der Waals surface area contributed by atoms with E-state index < -0.39 is 0 Å². The molecule has 3 aromatic rings. The van der Waals surface area contributed by atoms with Gasteiger partial charge in [-0.25, -0.2) is 0 Å². The van der Waals surface area contributed by atoms with Gasteiger partial charge in [0.2, 0.25) is 11.7 Å². The molecule has 2 heterocycles. The fraction of sp³-hybridized carbons (Fsp3) is 0.286. The molecule has 2 aliphatic rings. The zero-order chi connectivity index (χ0) is 18.4. The third-order valence-electron chi connectivity index (χ3n) is 5.39. The average molecular weight is 361 g/mol. The Hall–Kier alpha value is -3.15. The van der Waals surface area contributed by atoms with Crippen molar-refractivity contribution in [2.45, 2.75) is 25.2 Å². The second-order valence-electron chi connectivity index (χ2n) is 6.98. The van der Waals surface area contributed by atoms with Crippen molar-refractivity contribution in [3.8, 4) is 17.1 Å². The summed E-state index contributed by atoms with van der Waals surface area (Å²) in [7, 11) is 0. The summed E-state index contributed by atoms with van der Waals surface area (Å²) in [6.45, 7) is 2.61. The topological polar surface area (TPSA) is 68.5 Å². The van der Waals surface area contributed by atoms with E-state index in [2.05, 4.69) is 22.3 Å². The second-order valence-corrected chi connectivity index (χ2v) is 6.98. The van der Waals surface area contributed by atoms with E-state index in [0.717, 1.165) is 24.1 Å². The van der Waals surface area contributed by atoms with Crippen molar-refractivity contribution in [2.24, 2.45) is 0 Å². The van der Waals surface area contributed by atoms with Gasteiger partial charge in [0.1, 0.15) is 5.75 Å². The first-order valence-corrected chi connectivity index (χ1v) is 9.18. The van der Waals surface area contributed by atoms with E-state index in [9.17, 15) is 4.79 Å². The Kier molecular flexibility index (Phi) is 3.53. The van der Waals surface area contributed by atoms with Crippen LogP contribution in [0.2, 0.25) is 0 Å². The number of benzene rings is 2. The van der Waals surface area contributed by atoms with E-state index in [4.69, 9.17) is 9.26 Å². The van der Waals surface area contributed by atoms with Gasteiger partial charge < -0.3 is 14.2 Å². The summed E-state index contributed by atoms with van der Waals surface area (Å²) in [4.78, 5) is 18.5. The first-order chi connectivity index (χ1) is 13.2. The van der Waals surface area contributed by atoms with Crippen LogP contribution in [0.3, 0.4) is 0 Å². The standard InChI is InChI=1S/C21H19N3O3/c1-2-24-16-12-14(8-9-17(16)26-13-18(24)25)19-22-20(27-23-19)21(10-11-21)15-6-4-3-5-7-15/h3-9,12H,2,10-11,13H2,1H3. The molecule has 6 nitrogen and oxygen atoms in total. The predicted molar refractivity (Wildman–Crippen MR) is 99.7 cm³/mol. The lowest BCUT2D eigenvalue weighted by molar-refractivity contribution is -0.121. The van der Waals surface area contributed by atoms with Crippen LogP contribution in [0.15, 0.2) is 53.1 Å². The molecular weight excluding hydrogens is 342 g/mol. The maximum atomic E-state index is 12.1. The maximum Gasteiger partial charge on any atom is 0.265 e. The van der Waals surface area contributed by atoms with Gasteiger partial charge in [0.15, 0.2) is 6.61 Å². The van der Waals surface area contributed by atoms with Gasteiger partial charge in [-0.1, -0.05) is 35.5 Å². The van der Waals surface area contributed by atoms with Crippen LogP contribution < -0.4 is 9.64 Å². The maximum absolute atomic E-state index is 12.1. The number of carbonyl (C=O) groups is 1. The minimum Gasteiger partial charge on any atom is -0.482 e. The van der Waals surface area contributed by atoms with E-state index in [1.54, 1.807) is 4.90 Å². The van der Waals surface area contributed by atoms with Crippen molar-refractivity contribution < 1.29 is 14.1 Å². The lowest BCUT2D eigenvalue weighted by Crippen LogP contribution is -2.38. The zero-order valence-corrected chi connectivity index (χ0v) is 15.0. The number of amides is 1. The molecule has 0 atom stereocenters. The molecule has 0 radical (unpaired) electrons. The number of rotatable bonds is 4. The SMILES string of the molecule is CCN1C(=O)COc2ccc(-c3noc(C4(c5ccccc5)CC4)n3)cc21. The van der Waals surface area contributed by atoms with Crippen LogP contribution in [0.4, 0.5) is 5.69 Å². The number of likely N-dealkylation sites (N-methyl/N-ethyl adjacent to an activating group) is 1. The highest BCUT2D eigenvalue weighted by molar-refractivity contribution is 5.98. The molecule has 1 saturated carbocycles. The number of hydrogen-bond donors (Lipinski definition) is 0. The summed E-state index contributed by atoms with van der Waals surface area (Å²) in [6.07, 6.45) is 2.02. The van der Waals surface area contributed by atoms with Gasteiger partial charge in [0.05, 0.1) is 11.1 Å². The number of aromatic nitrogens is 2. The van der Waals surface area contributed by atoms with Crippen LogP contribution in [0.25, 0.3) is 11.4 Å². The Bertz CT molecular complexity index is 1010. The number of fused-ring (bicyclic) bond motifs is 1. The minimum absolute atomic E-state index is 0.0445. The largest absolute Gasteiger partial charge is 0.482 e. The number of nitrogens with zero attached hydrogens (tertiary/aromatic N) is 3. The third-order valence-corrected chi connectivity index (χ3v) is 5.39. The van der Waals surface area contributed by atoms with Crippen LogP contribution >= 0.6 is 0 Å².